The van der Waals surface area contributed by atoms with E-state index in [4.69, 9.17) is 16.7 Å². The first kappa shape index (κ1) is 19.0. The minimum atomic E-state index is -1.01. The number of rotatable bonds is 3. The summed E-state index contributed by atoms with van der Waals surface area (Å²) in [6.07, 6.45) is 3.48. The second kappa shape index (κ2) is 7.84. The molecule has 1 heterocycles. The summed E-state index contributed by atoms with van der Waals surface area (Å²) in [5.41, 5.74) is -0.289. The van der Waals surface area contributed by atoms with Crippen LogP contribution in [-0.4, -0.2) is 46.2 Å². The summed E-state index contributed by atoms with van der Waals surface area (Å²) in [5, 5.41) is 23.5. The summed E-state index contributed by atoms with van der Waals surface area (Å²) in [6.45, 7) is 0.913. The lowest BCUT2D eigenvalue weighted by molar-refractivity contribution is -0.142. The number of hydrogen-bond donors (Lipinski definition) is 3. The minimum absolute atomic E-state index is 0.0301. The van der Waals surface area contributed by atoms with E-state index in [1.54, 1.807) is 11.0 Å². The van der Waals surface area contributed by atoms with Crippen LogP contribution in [0.3, 0.4) is 0 Å². The molecule has 1 saturated heterocycles. The molecule has 1 aliphatic heterocycles. The predicted octanol–water partition coefficient (Wildman–Crippen LogP) is 2.98. The number of carbonyl (C=O) groups excluding carboxylic acids is 1. The molecule has 0 bridgehead atoms. The van der Waals surface area contributed by atoms with Crippen LogP contribution in [0.15, 0.2) is 24.3 Å². The van der Waals surface area contributed by atoms with Gasteiger partial charge in [0, 0.05) is 29.7 Å². The number of benzene rings is 1. The van der Waals surface area contributed by atoms with Crippen LogP contribution in [0.25, 0.3) is 0 Å². The topological polar surface area (TPSA) is 89.9 Å². The van der Waals surface area contributed by atoms with Gasteiger partial charge in [-0.1, -0.05) is 29.8 Å². The average Bonchev–Trinajstić information content (AvgIpc) is 2.63. The van der Waals surface area contributed by atoms with E-state index in [-0.39, 0.29) is 18.0 Å². The number of carboxylic acids is 1. The molecule has 1 aromatic rings. The van der Waals surface area contributed by atoms with E-state index in [1.165, 1.54) is 0 Å². The van der Waals surface area contributed by atoms with Gasteiger partial charge in [0.25, 0.3) is 0 Å². The summed E-state index contributed by atoms with van der Waals surface area (Å²) >= 11 is 6.21. The molecule has 0 spiro atoms. The van der Waals surface area contributed by atoms with Gasteiger partial charge in [0.15, 0.2) is 0 Å². The van der Waals surface area contributed by atoms with Crippen molar-refractivity contribution in [3.63, 3.8) is 0 Å². The molecule has 1 aliphatic carbocycles. The molecule has 3 N–H and O–H groups in total. The molecule has 0 radical (unpaired) electrons. The van der Waals surface area contributed by atoms with Crippen LogP contribution in [0.1, 0.15) is 44.1 Å². The lowest BCUT2D eigenvalue weighted by Crippen LogP contribution is -2.51. The molecule has 0 aromatic heterocycles. The van der Waals surface area contributed by atoms with Crippen molar-refractivity contribution in [1.82, 2.24) is 10.2 Å². The number of aliphatic carboxylic acids is 1. The zero-order chi connectivity index (χ0) is 18.7. The molecule has 3 rings (SSSR count). The van der Waals surface area contributed by atoms with Crippen LogP contribution < -0.4 is 5.32 Å². The standard InChI is InChI=1S/C19H25ClN2O4/c20-16-4-2-1-3-15(16)19(26)9-11-22(12-10-19)18(25)21-14-7-5-13(6-8-14)17(23)24/h1-4,13-14,26H,5-12H2,(H,21,25)(H,23,24). The van der Waals surface area contributed by atoms with E-state index < -0.39 is 11.6 Å². The van der Waals surface area contributed by atoms with E-state index >= 15 is 0 Å². The van der Waals surface area contributed by atoms with Crippen LogP contribution >= 0.6 is 11.6 Å². The first-order valence-electron chi connectivity index (χ1n) is 9.15. The Labute approximate surface area is 158 Å². The predicted molar refractivity (Wildman–Crippen MR) is 98.1 cm³/mol. The van der Waals surface area contributed by atoms with Crippen molar-refractivity contribution in [1.29, 1.82) is 0 Å². The highest BCUT2D eigenvalue weighted by atomic mass is 35.5. The maximum atomic E-state index is 12.5. The van der Waals surface area contributed by atoms with Crippen molar-refractivity contribution in [2.45, 2.75) is 50.2 Å². The molecule has 6 nitrogen and oxygen atoms in total. The molecule has 0 unspecified atom stereocenters. The number of piperidine rings is 1. The number of nitrogens with zero attached hydrogens (tertiary/aromatic N) is 1. The summed E-state index contributed by atoms with van der Waals surface area (Å²) < 4.78 is 0. The minimum Gasteiger partial charge on any atom is -0.481 e. The zero-order valence-corrected chi connectivity index (χ0v) is 15.4. The zero-order valence-electron chi connectivity index (χ0n) is 14.7. The van der Waals surface area contributed by atoms with Crippen molar-refractivity contribution >= 4 is 23.6 Å². The Kier molecular flexibility index (Phi) is 5.73. The van der Waals surface area contributed by atoms with Gasteiger partial charge in [-0.3, -0.25) is 4.79 Å². The Hall–Kier alpha value is -1.79. The number of amides is 2. The molecule has 26 heavy (non-hydrogen) atoms. The molecule has 2 amide bonds. The quantitative estimate of drug-likeness (QED) is 0.752. The number of carboxylic acid groups (broad SMARTS) is 1. The maximum Gasteiger partial charge on any atom is 0.317 e. The van der Waals surface area contributed by atoms with Crippen molar-refractivity contribution in [2.75, 3.05) is 13.1 Å². The van der Waals surface area contributed by atoms with Gasteiger partial charge in [0.1, 0.15) is 0 Å². The molecule has 1 saturated carbocycles. The SMILES string of the molecule is O=C(O)C1CCC(NC(=O)N2CCC(O)(c3ccccc3Cl)CC2)CC1. The Morgan fingerprint density at radius 2 is 1.73 bits per heavy atom. The molecular weight excluding hydrogens is 356 g/mol. The second-order valence-electron chi connectivity index (χ2n) is 7.33. The first-order chi connectivity index (χ1) is 12.4. The molecule has 1 aromatic carbocycles. The number of nitrogens with one attached hydrogen (secondary N) is 1. The summed E-state index contributed by atoms with van der Waals surface area (Å²) in [7, 11) is 0. The fourth-order valence-electron chi connectivity index (χ4n) is 3.94. The average molecular weight is 381 g/mol. The fourth-order valence-corrected chi connectivity index (χ4v) is 4.25. The molecule has 2 fully saturated rings. The third kappa shape index (κ3) is 4.13. The van der Waals surface area contributed by atoms with E-state index in [0.29, 0.717) is 62.2 Å². The van der Waals surface area contributed by atoms with E-state index in [9.17, 15) is 14.7 Å². The summed E-state index contributed by atoms with van der Waals surface area (Å²) in [6, 6.07) is 7.18. The van der Waals surface area contributed by atoms with Crippen LogP contribution in [0.5, 0.6) is 0 Å². The van der Waals surface area contributed by atoms with Crippen LogP contribution in [0.4, 0.5) is 4.79 Å². The Balaban J connectivity index is 1.51. The lowest BCUT2D eigenvalue weighted by atomic mass is 9.84. The number of hydrogen-bond acceptors (Lipinski definition) is 3. The highest BCUT2D eigenvalue weighted by Crippen LogP contribution is 2.36. The van der Waals surface area contributed by atoms with Crippen LogP contribution in [-0.2, 0) is 10.4 Å². The third-order valence-electron chi connectivity index (χ3n) is 5.66. The van der Waals surface area contributed by atoms with E-state index in [2.05, 4.69) is 5.32 Å². The van der Waals surface area contributed by atoms with Crippen molar-refractivity contribution in [3.8, 4) is 0 Å². The summed E-state index contributed by atoms with van der Waals surface area (Å²) in [4.78, 5) is 25.2. The van der Waals surface area contributed by atoms with Gasteiger partial charge in [0.05, 0.1) is 11.5 Å². The van der Waals surface area contributed by atoms with Crippen molar-refractivity contribution in [3.05, 3.63) is 34.9 Å². The van der Waals surface area contributed by atoms with Gasteiger partial charge in [0.2, 0.25) is 0 Å². The maximum absolute atomic E-state index is 12.5. The monoisotopic (exact) mass is 380 g/mol. The fraction of sp³-hybridized carbons (Fsp3) is 0.579. The van der Waals surface area contributed by atoms with Gasteiger partial charge >= 0.3 is 12.0 Å². The Bertz CT molecular complexity index is 665. The normalized spacial score (nSPS) is 25.5. The summed E-state index contributed by atoms with van der Waals surface area (Å²) in [5.74, 6) is -1.03. The molecule has 142 valence electrons. The number of carbonyl (C=O) groups is 2. The Morgan fingerprint density at radius 1 is 1.12 bits per heavy atom. The molecule has 0 atom stereocenters. The van der Waals surface area contributed by atoms with Gasteiger partial charge in [-0.2, -0.15) is 0 Å². The smallest absolute Gasteiger partial charge is 0.317 e. The lowest BCUT2D eigenvalue weighted by Gasteiger charge is -2.39. The van der Waals surface area contributed by atoms with Crippen molar-refractivity contribution in [2.24, 2.45) is 5.92 Å². The van der Waals surface area contributed by atoms with Gasteiger partial charge in [-0.15, -0.1) is 0 Å². The number of likely N-dealkylation sites (tertiary alicyclic amines) is 1. The molecule has 7 heteroatoms. The van der Waals surface area contributed by atoms with Gasteiger partial charge < -0.3 is 20.4 Å². The van der Waals surface area contributed by atoms with Crippen molar-refractivity contribution < 1.29 is 19.8 Å². The number of urea groups is 1. The molecular formula is C19H25ClN2O4. The Morgan fingerprint density at radius 3 is 2.31 bits per heavy atom. The van der Waals surface area contributed by atoms with E-state index in [1.807, 2.05) is 18.2 Å². The largest absolute Gasteiger partial charge is 0.481 e. The first-order valence-corrected chi connectivity index (χ1v) is 9.52. The third-order valence-corrected chi connectivity index (χ3v) is 5.99. The van der Waals surface area contributed by atoms with Crippen LogP contribution in [0.2, 0.25) is 5.02 Å². The highest BCUT2D eigenvalue weighted by molar-refractivity contribution is 6.31. The molecule has 2 aliphatic rings. The second-order valence-corrected chi connectivity index (χ2v) is 7.74. The van der Waals surface area contributed by atoms with Crippen LogP contribution in [0, 0.1) is 5.92 Å². The van der Waals surface area contributed by atoms with Gasteiger partial charge in [-0.05, 0) is 44.6 Å². The van der Waals surface area contributed by atoms with E-state index in [0.717, 1.165) is 0 Å². The van der Waals surface area contributed by atoms with Gasteiger partial charge in [-0.25, -0.2) is 4.79 Å². The highest BCUT2D eigenvalue weighted by Gasteiger charge is 2.37. The number of halogens is 1. The number of aliphatic hydroxyl groups is 1.